The van der Waals surface area contributed by atoms with Crippen molar-refractivity contribution >= 4 is 33.6 Å². The lowest BCUT2D eigenvalue weighted by molar-refractivity contribution is 0.446. The zero-order valence-electron chi connectivity index (χ0n) is 14.7. The molecule has 1 N–H and O–H groups in total. The summed E-state index contributed by atoms with van der Waals surface area (Å²) in [6.07, 6.45) is 0.693. The van der Waals surface area contributed by atoms with Gasteiger partial charge in [0, 0.05) is 16.3 Å². The summed E-state index contributed by atoms with van der Waals surface area (Å²) < 4.78 is 20.6. The molecule has 0 amide bonds. The second-order valence-electron chi connectivity index (χ2n) is 6.87. The van der Waals surface area contributed by atoms with Crippen LogP contribution in [0, 0.1) is 5.82 Å². The first-order valence-corrected chi connectivity index (χ1v) is 9.56. The lowest BCUT2D eigenvalue weighted by Crippen LogP contribution is -2.22. The number of pyridine rings is 1. The first-order chi connectivity index (χ1) is 13.5. The van der Waals surface area contributed by atoms with E-state index in [1.807, 2.05) is 19.1 Å². The van der Waals surface area contributed by atoms with Crippen molar-refractivity contribution in [3.63, 3.8) is 0 Å². The van der Waals surface area contributed by atoms with Gasteiger partial charge in [-0.2, -0.15) is 0 Å². The average Bonchev–Trinajstić information content (AvgIpc) is 3.00. The number of hydrogen-bond donors (Lipinski definition) is 1. The van der Waals surface area contributed by atoms with Gasteiger partial charge >= 0.3 is 5.63 Å². The van der Waals surface area contributed by atoms with Crippen LogP contribution in [0.4, 0.5) is 4.39 Å². The Morgan fingerprint density at radius 2 is 2.00 bits per heavy atom. The van der Waals surface area contributed by atoms with Gasteiger partial charge in [-0.25, -0.2) is 9.18 Å². The lowest BCUT2D eigenvalue weighted by Gasteiger charge is -2.13. The Hall–Kier alpha value is -3.06. The van der Waals surface area contributed by atoms with E-state index in [0.717, 1.165) is 22.8 Å². The van der Waals surface area contributed by atoms with E-state index in [-0.39, 0.29) is 21.9 Å². The topological polar surface area (TPSA) is 72.4 Å². The quantitative estimate of drug-likeness (QED) is 0.515. The van der Waals surface area contributed by atoms with E-state index in [1.165, 1.54) is 18.2 Å². The molecule has 1 aliphatic rings. The number of aromatic hydroxyl groups is 1. The highest BCUT2D eigenvalue weighted by Crippen LogP contribution is 2.39. The van der Waals surface area contributed by atoms with Crippen LogP contribution in [0.3, 0.4) is 0 Å². The molecular formula is C21H14FNO4S. The summed E-state index contributed by atoms with van der Waals surface area (Å²) >= 11 is 0.867. The van der Waals surface area contributed by atoms with Gasteiger partial charge < -0.3 is 14.1 Å². The highest BCUT2D eigenvalue weighted by atomic mass is 32.2. The van der Waals surface area contributed by atoms with Gasteiger partial charge in [-0.15, -0.1) is 0 Å². The second kappa shape index (κ2) is 5.97. The highest BCUT2D eigenvalue weighted by Gasteiger charge is 2.28. The van der Waals surface area contributed by atoms with Crippen LogP contribution >= 0.6 is 11.8 Å². The molecule has 4 aromatic rings. The average molecular weight is 395 g/mol. The Bertz CT molecular complexity index is 1410. The SMILES string of the molecule is CC1Cc2cccc3c4oc(=O)c(Sc5cccc(F)c5)c(O)c4c(=O)n1c23. The largest absolute Gasteiger partial charge is 0.505 e. The van der Waals surface area contributed by atoms with Gasteiger partial charge in [-0.1, -0.05) is 30.0 Å². The van der Waals surface area contributed by atoms with Crippen molar-refractivity contribution < 1.29 is 13.9 Å². The van der Waals surface area contributed by atoms with Crippen molar-refractivity contribution in [2.75, 3.05) is 0 Å². The Morgan fingerprint density at radius 3 is 2.79 bits per heavy atom. The Kier molecular flexibility index (Phi) is 3.64. The lowest BCUT2D eigenvalue weighted by atomic mass is 10.1. The summed E-state index contributed by atoms with van der Waals surface area (Å²) in [5, 5.41) is 11.4. The van der Waals surface area contributed by atoms with E-state index < -0.39 is 22.8 Å². The summed E-state index contributed by atoms with van der Waals surface area (Å²) in [4.78, 5) is 26.1. The zero-order chi connectivity index (χ0) is 19.6. The minimum absolute atomic E-state index is 0.0306. The minimum atomic E-state index is -0.768. The van der Waals surface area contributed by atoms with E-state index in [2.05, 4.69) is 0 Å². The number of fused-ring (bicyclic) bond motifs is 2. The zero-order valence-corrected chi connectivity index (χ0v) is 15.5. The Morgan fingerprint density at radius 1 is 1.21 bits per heavy atom. The molecule has 0 spiro atoms. The van der Waals surface area contributed by atoms with Crippen molar-refractivity contribution in [1.29, 1.82) is 0 Å². The summed E-state index contributed by atoms with van der Waals surface area (Å²) in [6.45, 7) is 1.94. The molecule has 7 heteroatoms. The third-order valence-electron chi connectivity index (χ3n) is 5.07. The number of rotatable bonds is 2. The molecule has 1 aliphatic heterocycles. The van der Waals surface area contributed by atoms with Crippen molar-refractivity contribution in [3.8, 4) is 5.75 Å². The number of hydrogen-bond acceptors (Lipinski definition) is 5. The molecular weight excluding hydrogens is 381 g/mol. The summed E-state index contributed by atoms with van der Waals surface area (Å²) in [5.41, 5.74) is 0.654. The molecule has 2 aromatic carbocycles. The number of halogens is 1. The number of para-hydroxylation sites is 1. The predicted molar refractivity (Wildman–Crippen MR) is 105 cm³/mol. The van der Waals surface area contributed by atoms with Gasteiger partial charge in [0.15, 0.2) is 11.3 Å². The van der Waals surface area contributed by atoms with Crippen LogP contribution in [0.15, 0.2) is 66.3 Å². The van der Waals surface area contributed by atoms with Gasteiger partial charge in [-0.05, 0) is 43.2 Å². The molecule has 0 aliphatic carbocycles. The summed E-state index contributed by atoms with van der Waals surface area (Å²) in [7, 11) is 0. The molecule has 0 saturated heterocycles. The van der Waals surface area contributed by atoms with E-state index in [1.54, 1.807) is 16.7 Å². The van der Waals surface area contributed by atoms with Crippen LogP contribution in [-0.4, -0.2) is 9.67 Å². The third kappa shape index (κ3) is 2.32. The first kappa shape index (κ1) is 17.1. The molecule has 3 heterocycles. The maximum Gasteiger partial charge on any atom is 0.354 e. The third-order valence-corrected chi connectivity index (χ3v) is 6.12. The number of benzene rings is 2. The maximum atomic E-state index is 13.5. The molecule has 1 unspecified atom stereocenters. The smallest absolute Gasteiger partial charge is 0.354 e. The highest BCUT2D eigenvalue weighted by molar-refractivity contribution is 7.99. The van der Waals surface area contributed by atoms with E-state index in [0.29, 0.717) is 16.7 Å². The fourth-order valence-electron chi connectivity index (χ4n) is 3.91. The summed E-state index contributed by atoms with van der Waals surface area (Å²) in [6, 6.07) is 11.1. The van der Waals surface area contributed by atoms with Crippen LogP contribution in [0.1, 0.15) is 18.5 Å². The standard InChI is InChI=1S/C21H14FNO4S/c1-10-8-11-4-2-7-14-16(11)23(10)20(25)15-17(24)19(21(26)27-18(14)15)28-13-6-3-5-12(22)9-13/h2-7,9-10,24H,8H2,1H3. The van der Waals surface area contributed by atoms with Gasteiger partial charge in [0.2, 0.25) is 0 Å². The van der Waals surface area contributed by atoms with Crippen LogP contribution in [0.25, 0.3) is 21.9 Å². The second-order valence-corrected chi connectivity index (χ2v) is 7.96. The molecule has 2 aromatic heterocycles. The molecule has 140 valence electrons. The molecule has 0 radical (unpaired) electrons. The first-order valence-electron chi connectivity index (χ1n) is 8.75. The van der Waals surface area contributed by atoms with Crippen molar-refractivity contribution in [1.82, 2.24) is 4.57 Å². The monoisotopic (exact) mass is 395 g/mol. The van der Waals surface area contributed by atoms with E-state index in [4.69, 9.17) is 4.42 Å². The molecule has 28 heavy (non-hydrogen) atoms. The predicted octanol–water partition coefficient (Wildman–Crippen LogP) is 4.22. The molecule has 5 rings (SSSR count). The van der Waals surface area contributed by atoms with Crippen molar-refractivity contribution in [2.24, 2.45) is 0 Å². The maximum absolute atomic E-state index is 13.5. The van der Waals surface area contributed by atoms with E-state index >= 15 is 0 Å². The summed E-state index contributed by atoms with van der Waals surface area (Å²) in [5.74, 6) is -0.893. The van der Waals surface area contributed by atoms with E-state index in [9.17, 15) is 19.1 Å². The molecule has 0 bridgehead atoms. The van der Waals surface area contributed by atoms with Crippen LogP contribution in [-0.2, 0) is 6.42 Å². The van der Waals surface area contributed by atoms with Crippen molar-refractivity contribution in [3.05, 3.63) is 74.6 Å². The molecule has 5 nitrogen and oxygen atoms in total. The van der Waals surface area contributed by atoms with Gasteiger partial charge in [-0.3, -0.25) is 4.79 Å². The normalized spacial score (nSPS) is 15.6. The van der Waals surface area contributed by atoms with Crippen molar-refractivity contribution in [2.45, 2.75) is 29.2 Å². The molecule has 1 atom stereocenters. The van der Waals surface area contributed by atoms with Gasteiger partial charge in [0.25, 0.3) is 5.56 Å². The fourth-order valence-corrected chi connectivity index (χ4v) is 4.79. The van der Waals surface area contributed by atoms with Crippen LogP contribution < -0.4 is 11.2 Å². The van der Waals surface area contributed by atoms with Gasteiger partial charge in [0.05, 0.1) is 5.52 Å². The van der Waals surface area contributed by atoms with Crippen LogP contribution in [0.5, 0.6) is 5.75 Å². The fraction of sp³-hybridized carbons (Fsp3) is 0.143. The Labute approximate surface area is 162 Å². The minimum Gasteiger partial charge on any atom is -0.505 e. The number of aromatic nitrogens is 1. The van der Waals surface area contributed by atoms with Crippen LogP contribution in [0.2, 0.25) is 0 Å². The van der Waals surface area contributed by atoms with Gasteiger partial charge in [0.1, 0.15) is 16.1 Å². The Balaban J connectivity index is 1.86. The molecule has 0 fully saturated rings. The number of nitrogens with zero attached hydrogens (tertiary/aromatic N) is 1. The molecule has 0 saturated carbocycles.